The zero-order valence-electron chi connectivity index (χ0n) is 14.4. The fourth-order valence-electron chi connectivity index (χ4n) is 2.45. The number of urea groups is 1. The van der Waals surface area contributed by atoms with E-state index in [4.69, 9.17) is 4.74 Å². The summed E-state index contributed by atoms with van der Waals surface area (Å²) in [5, 5.41) is 2.68. The lowest BCUT2D eigenvalue weighted by atomic mass is 10.0. The van der Waals surface area contributed by atoms with Crippen molar-refractivity contribution in [2.75, 3.05) is 14.2 Å². The van der Waals surface area contributed by atoms with Gasteiger partial charge in [-0.3, -0.25) is 4.98 Å². The van der Waals surface area contributed by atoms with Crippen LogP contribution in [-0.4, -0.2) is 30.1 Å². The van der Waals surface area contributed by atoms with Crippen LogP contribution in [0, 0.1) is 19.7 Å². The highest BCUT2D eigenvalue weighted by molar-refractivity contribution is 5.73. The number of nitrogens with zero attached hydrogens (tertiary/aromatic N) is 2. The first-order chi connectivity index (χ1) is 11.4. The van der Waals surface area contributed by atoms with Crippen LogP contribution in [0.3, 0.4) is 0 Å². The normalized spacial score (nSPS) is 10.4. The van der Waals surface area contributed by atoms with Crippen molar-refractivity contribution in [1.29, 1.82) is 0 Å². The van der Waals surface area contributed by atoms with Crippen molar-refractivity contribution in [3.8, 4) is 5.75 Å². The minimum Gasteiger partial charge on any atom is -0.494 e. The minimum absolute atomic E-state index is 0.00103. The summed E-state index contributed by atoms with van der Waals surface area (Å²) < 4.78 is 18.9. The quantitative estimate of drug-likeness (QED) is 0.915. The van der Waals surface area contributed by atoms with Gasteiger partial charge < -0.3 is 15.0 Å². The van der Waals surface area contributed by atoms with E-state index in [0.29, 0.717) is 6.54 Å². The molecule has 0 spiro atoms. The summed E-state index contributed by atoms with van der Waals surface area (Å²) in [4.78, 5) is 17.7. The van der Waals surface area contributed by atoms with Gasteiger partial charge in [-0.25, -0.2) is 9.18 Å². The summed E-state index contributed by atoms with van der Waals surface area (Å²) in [5.41, 5.74) is 3.52. The third kappa shape index (κ3) is 4.01. The van der Waals surface area contributed by atoms with Crippen molar-refractivity contribution in [3.63, 3.8) is 0 Å². The van der Waals surface area contributed by atoms with Crippen LogP contribution in [0.25, 0.3) is 0 Å². The van der Waals surface area contributed by atoms with Crippen LogP contribution in [0.2, 0.25) is 0 Å². The number of ether oxygens (including phenoxy) is 1. The van der Waals surface area contributed by atoms with Crippen molar-refractivity contribution in [3.05, 3.63) is 58.7 Å². The van der Waals surface area contributed by atoms with Crippen LogP contribution in [0.5, 0.6) is 5.75 Å². The van der Waals surface area contributed by atoms with E-state index >= 15 is 0 Å². The predicted octanol–water partition coefficient (Wildman–Crippen LogP) is 3.19. The zero-order chi connectivity index (χ0) is 17.7. The van der Waals surface area contributed by atoms with Crippen molar-refractivity contribution in [2.24, 2.45) is 0 Å². The fourth-order valence-corrected chi connectivity index (χ4v) is 2.45. The Bertz CT molecular complexity index is 714. The molecule has 0 saturated heterocycles. The number of nitrogens with one attached hydrogen (secondary N) is 1. The molecule has 2 amide bonds. The highest BCUT2D eigenvalue weighted by atomic mass is 19.1. The molecule has 0 unspecified atom stereocenters. The Morgan fingerprint density at radius 2 is 1.96 bits per heavy atom. The van der Waals surface area contributed by atoms with Gasteiger partial charge >= 0.3 is 6.03 Å². The number of benzene rings is 1. The molecule has 24 heavy (non-hydrogen) atoms. The molecule has 0 aliphatic heterocycles. The number of pyridine rings is 1. The molecule has 0 fully saturated rings. The molecule has 2 rings (SSSR count). The summed E-state index contributed by atoms with van der Waals surface area (Å²) in [6.07, 6.45) is 1.45. The van der Waals surface area contributed by atoms with Gasteiger partial charge in [0.1, 0.15) is 0 Å². The Kier molecular flexibility index (Phi) is 5.73. The second kappa shape index (κ2) is 7.77. The number of carbonyl (C=O) groups is 1. The standard InChI is InChI=1S/C18H22FN3O2/c1-12-6-5-7-13(2)14(12)11-22(3)18(23)21-10-15-17(19)16(24-4)8-9-20-15/h5-9H,10-11H2,1-4H3,(H,21,23). The predicted molar refractivity (Wildman–Crippen MR) is 90.4 cm³/mol. The molecule has 1 N–H and O–H groups in total. The molecule has 0 saturated carbocycles. The van der Waals surface area contributed by atoms with Crippen LogP contribution >= 0.6 is 0 Å². The molecule has 1 aromatic carbocycles. The maximum atomic E-state index is 14.0. The van der Waals surface area contributed by atoms with E-state index in [1.54, 1.807) is 11.9 Å². The highest BCUT2D eigenvalue weighted by Crippen LogP contribution is 2.18. The first kappa shape index (κ1) is 17.7. The van der Waals surface area contributed by atoms with Crippen molar-refractivity contribution in [2.45, 2.75) is 26.9 Å². The molecule has 0 atom stereocenters. The Balaban J connectivity index is 2.00. The minimum atomic E-state index is -0.558. The van der Waals surface area contributed by atoms with Gasteiger partial charge in [0.2, 0.25) is 0 Å². The number of rotatable bonds is 5. The molecule has 0 aliphatic rings. The summed E-state index contributed by atoms with van der Waals surface area (Å²) >= 11 is 0. The maximum Gasteiger partial charge on any atom is 0.317 e. The molecular weight excluding hydrogens is 309 g/mol. The Morgan fingerprint density at radius 3 is 2.58 bits per heavy atom. The average molecular weight is 331 g/mol. The molecule has 6 heteroatoms. The summed E-state index contributed by atoms with van der Waals surface area (Å²) in [6, 6.07) is 7.17. The molecule has 5 nitrogen and oxygen atoms in total. The van der Waals surface area contributed by atoms with E-state index in [-0.39, 0.29) is 24.0 Å². The van der Waals surface area contributed by atoms with Crippen LogP contribution in [0.15, 0.2) is 30.5 Å². The van der Waals surface area contributed by atoms with Gasteiger partial charge in [-0.05, 0) is 30.5 Å². The number of methoxy groups -OCH3 is 1. The molecule has 1 aromatic heterocycles. The second-order valence-electron chi connectivity index (χ2n) is 5.66. The van der Waals surface area contributed by atoms with Crippen molar-refractivity contribution in [1.82, 2.24) is 15.2 Å². The maximum absolute atomic E-state index is 14.0. The van der Waals surface area contributed by atoms with E-state index in [9.17, 15) is 9.18 Å². The number of halogens is 1. The van der Waals surface area contributed by atoms with Crippen molar-refractivity contribution >= 4 is 6.03 Å². The second-order valence-corrected chi connectivity index (χ2v) is 5.66. The fraction of sp³-hybridized carbons (Fsp3) is 0.333. The number of hydrogen-bond acceptors (Lipinski definition) is 3. The van der Waals surface area contributed by atoms with Gasteiger partial charge in [0.25, 0.3) is 0 Å². The van der Waals surface area contributed by atoms with Gasteiger partial charge in [-0.15, -0.1) is 0 Å². The third-order valence-electron chi connectivity index (χ3n) is 3.94. The number of amides is 2. The largest absolute Gasteiger partial charge is 0.494 e. The van der Waals surface area contributed by atoms with Gasteiger partial charge in [0.05, 0.1) is 19.3 Å². The molecule has 0 radical (unpaired) electrons. The van der Waals surface area contributed by atoms with Gasteiger partial charge in [-0.1, -0.05) is 18.2 Å². The van der Waals surface area contributed by atoms with E-state index in [1.165, 1.54) is 19.4 Å². The first-order valence-corrected chi connectivity index (χ1v) is 7.65. The monoisotopic (exact) mass is 331 g/mol. The number of carbonyl (C=O) groups excluding carboxylic acids is 1. The molecule has 2 aromatic rings. The lowest BCUT2D eigenvalue weighted by molar-refractivity contribution is 0.206. The SMILES string of the molecule is COc1ccnc(CNC(=O)N(C)Cc2c(C)cccc2C)c1F. The van der Waals surface area contributed by atoms with E-state index in [1.807, 2.05) is 32.0 Å². The number of hydrogen-bond donors (Lipinski definition) is 1. The molecule has 0 bridgehead atoms. The zero-order valence-corrected chi connectivity index (χ0v) is 14.4. The van der Waals surface area contributed by atoms with E-state index in [0.717, 1.165) is 16.7 Å². The van der Waals surface area contributed by atoms with Crippen LogP contribution in [-0.2, 0) is 13.1 Å². The van der Waals surface area contributed by atoms with Crippen LogP contribution < -0.4 is 10.1 Å². The summed E-state index contributed by atoms with van der Waals surface area (Å²) in [7, 11) is 3.09. The first-order valence-electron chi connectivity index (χ1n) is 7.65. The Morgan fingerprint density at radius 1 is 1.29 bits per heavy atom. The van der Waals surface area contributed by atoms with Gasteiger partial charge in [-0.2, -0.15) is 0 Å². The van der Waals surface area contributed by atoms with E-state index < -0.39 is 5.82 Å². The van der Waals surface area contributed by atoms with E-state index in [2.05, 4.69) is 10.3 Å². The number of aromatic nitrogens is 1. The number of aryl methyl sites for hydroxylation is 2. The molecular formula is C18H22FN3O2. The molecule has 128 valence electrons. The topological polar surface area (TPSA) is 54.5 Å². The Hall–Kier alpha value is -2.63. The average Bonchev–Trinajstić information content (AvgIpc) is 2.57. The third-order valence-corrected chi connectivity index (χ3v) is 3.94. The van der Waals surface area contributed by atoms with Gasteiger partial charge in [0.15, 0.2) is 11.6 Å². The van der Waals surface area contributed by atoms with Gasteiger partial charge in [0, 0.05) is 25.9 Å². The van der Waals surface area contributed by atoms with Crippen LogP contribution in [0.4, 0.5) is 9.18 Å². The molecule has 1 heterocycles. The summed E-state index contributed by atoms with van der Waals surface area (Å²) in [6.45, 7) is 4.52. The lowest BCUT2D eigenvalue weighted by Crippen LogP contribution is -2.37. The smallest absolute Gasteiger partial charge is 0.317 e. The summed E-state index contributed by atoms with van der Waals surface area (Å²) in [5.74, 6) is -0.448. The lowest BCUT2D eigenvalue weighted by Gasteiger charge is -2.20. The van der Waals surface area contributed by atoms with Crippen LogP contribution in [0.1, 0.15) is 22.4 Å². The molecule has 0 aliphatic carbocycles. The Labute approximate surface area is 141 Å². The van der Waals surface area contributed by atoms with Crippen molar-refractivity contribution < 1.29 is 13.9 Å². The highest BCUT2D eigenvalue weighted by Gasteiger charge is 2.14.